The monoisotopic (exact) mass is 370 g/mol. The zero-order chi connectivity index (χ0) is 6.95. The lowest BCUT2D eigenvalue weighted by Gasteiger charge is -1.95. The van der Waals surface area contributed by atoms with E-state index in [4.69, 9.17) is 0 Å². The highest BCUT2D eigenvalue weighted by molar-refractivity contribution is 14.1. The zero-order valence-electron chi connectivity index (χ0n) is 5.41. The van der Waals surface area contributed by atoms with Crippen molar-refractivity contribution in [2.75, 3.05) is 20.4 Å². The van der Waals surface area contributed by atoms with Crippen molar-refractivity contribution in [3.8, 4) is 0 Å². The number of rotatable bonds is 6. The number of thioether (sulfide) groups is 1. The van der Waals surface area contributed by atoms with Gasteiger partial charge in [-0.25, -0.2) is 0 Å². The minimum Gasteiger partial charge on any atom is -0.162 e. The van der Waals surface area contributed by atoms with E-state index >= 15 is 0 Å². The Morgan fingerprint density at radius 1 is 0.889 bits per heavy atom. The summed E-state index contributed by atoms with van der Waals surface area (Å²) in [5.74, 6) is 2.72. The molecule has 0 saturated carbocycles. The van der Waals surface area contributed by atoms with Crippen LogP contribution < -0.4 is 0 Å². The molecule has 3 heteroatoms. The first-order valence-corrected chi connectivity index (χ1v) is 7.32. The van der Waals surface area contributed by atoms with Crippen LogP contribution in [0.1, 0.15) is 12.8 Å². The van der Waals surface area contributed by atoms with E-state index in [2.05, 4.69) is 56.9 Å². The molecule has 0 aliphatic rings. The number of hydrogen-bond donors (Lipinski definition) is 0. The topological polar surface area (TPSA) is 0 Å². The minimum absolute atomic E-state index is 1.31. The molecule has 0 rings (SSSR count). The van der Waals surface area contributed by atoms with E-state index in [9.17, 15) is 0 Å². The standard InChI is InChI=1S/C6H12I2S/c7-3-1-5-9-6-2-4-8/h1-6H2. The van der Waals surface area contributed by atoms with Gasteiger partial charge >= 0.3 is 0 Å². The van der Waals surface area contributed by atoms with E-state index in [0.29, 0.717) is 0 Å². The van der Waals surface area contributed by atoms with Crippen LogP contribution in [0, 0.1) is 0 Å². The summed E-state index contributed by atoms with van der Waals surface area (Å²) in [7, 11) is 0. The molecule has 0 atom stereocenters. The number of alkyl halides is 2. The Morgan fingerprint density at radius 2 is 1.33 bits per heavy atom. The molecular formula is C6H12I2S. The number of hydrogen-bond acceptors (Lipinski definition) is 1. The maximum Gasteiger partial charge on any atom is 0.000312 e. The molecule has 0 aromatic rings. The fourth-order valence-corrected chi connectivity index (χ4v) is 3.11. The first-order valence-electron chi connectivity index (χ1n) is 3.11. The molecule has 0 fully saturated rings. The van der Waals surface area contributed by atoms with Crippen molar-refractivity contribution in [2.45, 2.75) is 12.8 Å². The average molecular weight is 370 g/mol. The molecule has 0 heterocycles. The third-order valence-electron chi connectivity index (χ3n) is 0.845. The molecule has 0 saturated heterocycles. The quantitative estimate of drug-likeness (QED) is 0.393. The predicted molar refractivity (Wildman–Crippen MR) is 64.3 cm³/mol. The second kappa shape index (κ2) is 9.81. The molecule has 0 spiro atoms. The smallest absolute Gasteiger partial charge is 0.000312 e. The van der Waals surface area contributed by atoms with Gasteiger partial charge in [-0.05, 0) is 24.3 Å². The van der Waals surface area contributed by atoms with Gasteiger partial charge in [-0.1, -0.05) is 45.2 Å². The van der Waals surface area contributed by atoms with Crippen LogP contribution in [0.4, 0.5) is 0 Å². The van der Waals surface area contributed by atoms with Gasteiger partial charge in [0.25, 0.3) is 0 Å². The third-order valence-corrected chi connectivity index (χ3v) is 3.52. The largest absolute Gasteiger partial charge is 0.162 e. The molecule has 56 valence electrons. The van der Waals surface area contributed by atoms with Crippen LogP contribution in [0.2, 0.25) is 0 Å². The highest BCUT2D eigenvalue weighted by Gasteiger charge is 1.86. The van der Waals surface area contributed by atoms with Crippen LogP contribution in [0.15, 0.2) is 0 Å². The van der Waals surface area contributed by atoms with E-state index in [-0.39, 0.29) is 0 Å². The van der Waals surface area contributed by atoms with E-state index in [1.165, 1.54) is 33.2 Å². The average Bonchev–Trinajstić information content (AvgIpc) is 1.89. The lowest BCUT2D eigenvalue weighted by molar-refractivity contribution is 1.11. The van der Waals surface area contributed by atoms with Gasteiger partial charge in [0.05, 0.1) is 0 Å². The summed E-state index contributed by atoms with van der Waals surface area (Å²) in [5, 5.41) is 0. The molecule has 9 heavy (non-hydrogen) atoms. The van der Waals surface area contributed by atoms with Crippen LogP contribution in [0.25, 0.3) is 0 Å². The summed E-state index contributed by atoms with van der Waals surface area (Å²) in [6.45, 7) is 0. The first-order chi connectivity index (χ1) is 4.41. The molecular weight excluding hydrogens is 358 g/mol. The van der Waals surface area contributed by atoms with Crippen LogP contribution in [-0.2, 0) is 0 Å². The van der Waals surface area contributed by atoms with Gasteiger partial charge in [0.15, 0.2) is 0 Å². The van der Waals surface area contributed by atoms with Crippen LogP contribution in [0.5, 0.6) is 0 Å². The molecule has 0 nitrogen and oxygen atoms in total. The summed E-state index contributed by atoms with van der Waals surface area (Å²) in [6.07, 6.45) is 2.76. The Balaban J connectivity index is 2.60. The summed E-state index contributed by atoms with van der Waals surface area (Å²) < 4.78 is 2.63. The Morgan fingerprint density at radius 3 is 1.67 bits per heavy atom. The Bertz CT molecular complexity index is 44.3. The maximum absolute atomic E-state index is 2.43. The van der Waals surface area contributed by atoms with E-state index in [1.54, 1.807) is 0 Å². The van der Waals surface area contributed by atoms with Gasteiger partial charge in [0.1, 0.15) is 0 Å². The van der Waals surface area contributed by atoms with Gasteiger partial charge in [-0.2, -0.15) is 11.8 Å². The van der Waals surface area contributed by atoms with Crippen molar-refractivity contribution in [2.24, 2.45) is 0 Å². The fourth-order valence-electron chi connectivity index (χ4n) is 0.415. The molecule has 0 unspecified atom stereocenters. The third kappa shape index (κ3) is 9.81. The van der Waals surface area contributed by atoms with Crippen molar-refractivity contribution < 1.29 is 0 Å². The number of halogens is 2. The van der Waals surface area contributed by atoms with Crippen molar-refractivity contribution in [3.05, 3.63) is 0 Å². The van der Waals surface area contributed by atoms with Crippen molar-refractivity contribution in [3.63, 3.8) is 0 Å². The molecule has 0 aliphatic carbocycles. The van der Waals surface area contributed by atoms with Crippen molar-refractivity contribution in [1.82, 2.24) is 0 Å². The second-order valence-corrected chi connectivity index (χ2v) is 5.08. The summed E-state index contributed by atoms with van der Waals surface area (Å²) in [4.78, 5) is 0. The molecule has 0 N–H and O–H groups in total. The van der Waals surface area contributed by atoms with E-state index in [0.717, 1.165) is 0 Å². The summed E-state index contributed by atoms with van der Waals surface area (Å²) >= 11 is 6.96. The molecule has 0 bridgehead atoms. The predicted octanol–water partition coefficient (Wildman–Crippen LogP) is 3.37. The fraction of sp³-hybridized carbons (Fsp3) is 1.00. The maximum atomic E-state index is 2.43. The molecule has 0 aliphatic heterocycles. The van der Waals surface area contributed by atoms with Gasteiger partial charge < -0.3 is 0 Å². The van der Waals surface area contributed by atoms with Gasteiger partial charge in [0, 0.05) is 8.86 Å². The Hall–Kier alpha value is 1.81. The van der Waals surface area contributed by atoms with E-state index in [1.807, 2.05) is 0 Å². The molecule has 0 aromatic heterocycles. The second-order valence-electron chi connectivity index (χ2n) is 1.70. The lowest BCUT2D eigenvalue weighted by Crippen LogP contribution is -1.84. The first kappa shape index (κ1) is 10.8. The van der Waals surface area contributed by atoms with Crippen LogP contribution in [0.3, 0.4) is 0 Å². The van der Waals surface area contributed by atoms with Crippen molar-refractivity contribution in [1.29, 1.82) is 0 Å². The zero-order valence-corrected chi connectivity index (χ0v) is 10.5. The molecule has 0 radical (unpaired) electrons. The van der Waals surface area contributed by atoms with Crippen molar-refractivity contribution >= 4 is 56.9 Å². The molecule has 0 amide bonds. The summed E-state index contributed by atoms with van der Waals surface area (Å²) in [6, 6.07) is 0. The van der Waals surface area contributed by atoms with E-state index < -0.39 is 0 Å². The SMILES string of the molecule is ICCCSCCCI. The Labute approximate surface area is 89.2 Å². The van der Waals surface area contributed by atoms with Gasteiger partial charge in [-0.3, -0.25) is 0 Å². The highest BCUT2D eigenvalue weighted by Crippen LogP contribution is 2.06. The summed E-state index contributed by atoms with van der Waals surface area (Å²) in [5.41, 5.74) is 0. The van der Waals surface area contributed by atoms with Gasteiger partial charge in [-0.15, -0.1) is 0 Å². The minimum atomic E-state index is 1.31. The lowest BCUT2D eigenvalue weighted by atomic mass is 10.6. The van der Waals surface area contributed by atoms with Crippen LogP contribution >= 0.6 is 56.9 Å². The highest BCUT2D eigenvalue weighted by atomic mass is 127. The molecule has 0 aromatic carbocycles. The van der Waals surface area contributed by atoms with Gasteiger partial charge in [0.2, 0.25) is 0 Å². The Kier molecular flexibility index (Phi) is 11.8. The normalized spacial score (nSPS) is 10.0. The van der Waals surface area contributed by atoms with Crippen LogP contribution in [-0.4, -0.2) is 20.4 Å².